The van der Waals surface area contributed by atoms with E-state index in [2.05, 4.69) is 15.2 Å². The summed E-state index contributed by atoms with van der Waals surface area (Å²) in [6.07, 6.45) is 0. The number of carbonyl (C=O) groups excluding carboxylic acids is 1. The van der Waals surface area contributed by atoms with Crippen molar-refractivity contribution in [3.8, 4) is 0 Å². The van der Waals surface area contributed by atoms with E-state index >= 15 is 0 Å². The van der Waals surface area contributed by atoms with Gasteiger partial charge in [0.2, 0.25) is 11.8 Å². The van der Waals surface area contributed by atoms with Gasteiger partial charge in [-0.2, -0.15) is 0 Å². The Labute approximate surface area is 80.2 Å². The summed E-state index contributed by atoms with van der Waals surface area (Å²) in [5.74, 6) is 0.0607. The fourth-order valence-electron chi connectivity index (χ4n) is 1.28. The number of aromatic nitrogens is 3. The van der Waals surface area contributed by atoms with E-state index in [4.69, 9.17) is 10.5 Å². The average molecular weight is 197 g/mol. The van der Waals surface area contributed by atoms with E-state index in [0.717, 1.165) is 13.1 Å². The highest BCUT2D eigenvalue weighted by Crippen LogP contribution is 2.08. The van der Waals surface area contributed by atoms with Gasteiger partial charge in [-0.3, -0.25) is 4.79 Å². The standard InChI is InChI=1S/C7H11N5O2/c8-5(13)6-9-7(11-10-6)12-1-3-14-4-2-12/h1-4H2,(H2,8,13)(H,9,10,11). The normalized spacial score (nSPS) is 17.0. The minimum atomic E-state index is -0.600. The lowest BCUT2D eigenvalue weighted by molar-refractivity contribution is 0.0991. The number of H-pyrrole nitrogens is 1. The van der Waals surface area contributed by atoms with Crippen LogP contribution in [0.15, 0.2) is 0 Å². The maximum atomic E-state index is 10.7. The van der Waals surface area contributed by atoms with E-state index in [1.54, 1.807) is 0 Å². The minimum absolute atomic E-state index is 0.0893. The highest BCUT2D eigenvalue weighted by Gasteiger charge is 2.16. The lowest BCUT2D eigenvalue weighted by Gasteiger charge is -2.25. The first-order valence-electron chi connectivity index (χ1n) is 4.32. The first-order valence-corrected chi connectivity index (χ1v) is 4.32. The van der Waals surface area contributed by atoms with Gasteiger partial charge in [0.15, 0.2) is 0 Å². The molecule has 1 aliphatic heterocycles. The summed E-state index contributed by atoms with van der Waals surface area (Å²) in [7, 11) is 0. The summed E-state index contributed by atoms with van der Waals surface area (Å²) in [6, 6.07) is 0. The Kier molecular flexibility index (Phi) is 2.32. The van der Waals surface area contributed by atoms with Crippen molar-refractivity contribution < 1.29 is 9.53 Å². The number of nitrogens with two attached hydrogens (primary N) is 1. The zero-order chi connectivity index (χ0) is 9.97. The van der Waals surface area contributed by atoms with Gasteiger partial charge < -0.3 is 20.4 Å². The predicted octanol–water partition coefficient (Wildman–Crippen LogP) is -1.26. The molecule has 0 unspecified atom stereocenters. The van der Waals surface area contributed by atoms with Gasteiger partial charge in [0.05, 0.1) is 13.2 Å². The maximum absolute atomic E-state index is 10.7. The Morgan fingerprint density at radius 2 is 2.14 bits per heavy atom. The molecule has 0 aromatic carbocycles. The first-order chi connectivity index (χ1) is 6.77. The van der Waals surface area contributed by atoms with Gasteiger partial charge in [0, 0.05) is 13.1 Å². The third kappa shape index (κ3) is 1.67. The summed E-state index contributed by atoms with van der Waals surface area (Å²) >= 11 is 0. The van der Waals surface area contributed by atoms with Gasteiger partial charge in [-0.25, -0.2) is 0 Å². The van der Waals surface area contributed by atoms with Gasteiger partial charge >= 0.3 is 0 Å². The molecule has 0 radical (unpaired) electrons. The number of carbonyl (C=O) groups is 1. The minimum Gasteiger partial charge on any atom is -0.378 e. The highest BCUT2D eigenvalue weighted by molar-refractivity contribution is 5.89. The molecule has 1 amide bonds. The number of nitrogens with one attached hydrogen (secondary N) is 1. The number of hydrogen-bond donors (Lipinski definition) is 2. The zero-order valence-electron chi connectivity index (χ0n) is 7.56. The van der Waals surface area contributed by atoms with E-state index in [9.17, 15) is 4.79 Å². The second kappa shape index (κ2) is 3.62. The molecule has 2 heterocycles. The zero-order valence-corrected chi connectivity index (χ0v) is 7.56. The summed E-state index contributed by atoms with van der Waals surface area (Å²) in [5, 5.41) is 7.45. The number of hydrogen-bond acceptors (Lipinski definition) is 5. The van der Waals surface area contributed by atoms with Crippen LogP contribution in [0.5, 0.6) is 0 Å². The number of aromatic amines is 1. The van der Waals surface area contributed by atoms with Gasteiger partial charge in [-0.1, -0.05) is 0 Å². The molecule has 0 spiro atoms. The van der Waals surface area contributed by atoms with Crippen LogP contribution < -0.4 is 10.6 Å². The molecule has 2 rings (SSSR count). The maximum Gasteiger partial charge on any atom is 0.286 e. The van der Waals surface area contributed by atoms with E-state index in [1.165, 1.54) is 0 Å². The van der Waals surface area contributed by atoms with Crippen molar-refractivity contribution in [2.45, 2.75) is 0 Å². The molecule has 1 saturated heterocycles. The summed E-state index contributed by atoms with van der Waals surface area (Å²) in [4.78, 5) is 15.5. The Hall–Kier alpha value is -1.63. The Morgan fingerprint density at radius 1 is 1.43 bits per heavy atom. The second-order valence-corrected chi connectivity index (χ2v) is 2.96. The first kappa shape index (κ1) is 8.95. The average Bonchev–Trinajstić information content (AvgIpc) is 2.68. The number of anilines is 1. The molecule has 76 valence electrons. The molecule has 3 N–H and O–H groups in total. The van der Waals surface area contributed by atoms with E-state index in [1.807, 2.05) is 4.90 Å². The SMILES string of the molecule is NC(=O)c1nnc(N2CCOCC2)[nH]1. The molecule has 1 fully saturated rings. The van der Waals surface area contributed by atoms with Gasteiger partial charge in [-0.15, -0.1) is 10.2 Å². The lowest BCUT2D eigenvalue weighted by Crippen LogP contribution is -2.37. The van der Waals surface area contributed by atoms with Crippen LogP contribution in [0.25, 0.3) is 0 Å². The molecule has 14 heavy (non-hydrogen) atoms. The number of nitrogens with zero attached hydrogens (tertiary/aromatic N) is 3. The fraction of sp³-hybridized carbons (Fsp3) is 0.571. The molecule has 0 aliphatic carbocycles. The van der Waals surface area contributed by atoms with Crippen LogP contribution in [-0.2, 0) is 4.74 Å². The molecular formula is C7H11N5O2. The predicted molar refractivity (Wildman–Crippen MR) is 47.9 cm³/mol. The Balaban J connectivity index is 2.11. The van der Waals surface area contributed by atoms with E-state index in [0.29, 0.717) is 19.2 Å². The number of rotatable bonds is 2. The van der Waals surface area contributed by atoms with Crippen LogP contribution in [-0.4, -0.2) is 47.4 Å². The second-order valence-electron chi connectivity index (χ2n) is 2.96. The van der Waals surface area contributed by atoms with Crippen LogP contribution >= 0.6 is 0 Å². The lowest BCUT2D eigenvalue weighted by atomic mass is 10.4. The van der Waals surface area contributed by atoms with Crippen LogP contribution in [0.4, 0.5) is 5.95 Å². The number of primary amides is 1. The van der Waals surface area contributed by atoms with Gasteiger partial charge in [0.1, 0.15) is 0 Å². The fourth-order valence-corrected chi connectivity index (χ4v) is 1.28. The highest BCUT2D eigenvalue weighted by atomic mass is 16.5. The molecule has 1 aliphatic rings. The van der Waals surface area contributed by atoms with Crippen molar-refractivity contribution in [2.24, 2.45) is 5.73 Å². The summed E-state index contributed by atoms with van der Waals surface area (Å²) in [5.41, 5.74) is 5.04. The molecule has 7 nitrogen and oxygen atoms in total. The van der Waals surface area contributed by atoms with Crippen LogP contribution in [0.1, 0.15) is 10.6 Å². The van der Waals surface area contributed by atoms with Crippen molar-refractivity contribution in [3.63, 3.8) is 0 Å². The summed E-state index contributed by atoms with van der Waals surface area (Å²) < 4.78 is 5.18. The van der Waals surface area contributed by atoms with Gasteiger partial charge in [0.25, 0.3) is 5.91 Å². The van der Waals surface area contributed by atoms with Crippen molar-refractivity contribution in [3.05, 3.63) is 5.82 Å². The molecule has 1 aromatic rings. The van der Waals surface area contributed by atoms with Gasteiger partial charge in [-0.05, 0) is 0 Å². The smallest absolute Gasteiger partial charge is 0.286 e. The van der Waals surface area contributed by atoms with Crippen molar-refractivity contribution >= 4 is 11.9 Å². The van der Waals surface area contributed by atoms with E-state index in [-0.39, 0.29) is 5.82 Å². The Morgan fingerprint density at radius 3 is 2.71 bits per heavy atom. The molecular weight excluding hydrogens is 186 g/mol. The quantitative estimate of drug-likeness (QED) is 0.616. The van der Waals surface area contributed by atoms with Crippen LogP contribution in [0.3, 0.4) is 0 Å². The molecule has 7 heteroatoms. The third-order valence-electron chi connectivity index (χ3n) is 2.02. The van der Waals surface area contributed by atoms with Crippen molar-refractivity contribution in [1.82, 2.24) is 15.2 Å². The monoisotopic (exact) mass is 197 g/mol. The van der Waals surface area contributed by atoms with Crippen LogP contribution in [0.2, 0.25) is 0 Å². The number of ether oxygens (including phenoxy) is 1. The topological polar surface area (TPSA) is 97.1 Å². The Bertz CT molecular complexity index is 331. The number of morpholine rings is 1. The molecule has 0 atom stereocenters. The molecule has 0 saturated carbocycles. The largest absolute Gasteiger partial charge is 0.378 e. The van der Waals surface area contributed by atoms with Crippen LogP contribution in [0, 0.1) is 0 Å². The third-order valence-corrected chi connectivity index (χ3v) is 2.02. The number of amides is 1. The summed E-state index contributed by atoms with van der Waals surface area (Å²) in [6.45, 7) is 2.81. The molecule has 0 bridgehead atoms. The van der Waals surface area contributed by atoms with E-state index < -0.39 is 5.91 Å². The molecule has 1 aromatic heterocycles. The van der Waals surface area contributed by atoms with Crippen molar-refractivity contribution in [2.75, 3.05) is 31.2 Å². The van der Waals surface area contributed by atoms with Crippen molar-refractivity contribution in [1.29, 1.82) is 0 Å².